The fourth-order valence-corrected chi connectivity index (χ4v) is 9.15. The van der Waals surface area contributed by atoms with Crippen LogP contribution >= 0.6 is 0 Å². The van der Waals surface area contributed by atoms with E-state index < -0.39 is 0 Å². The van der Waals surface area contributed by atoms with Crippen molar-refractivity contribution in [2.75, 3.05) is 26.4 Å². The van der Waals surface area contributed by atoms with Gasteiger partial charge < -0.3 is 18.9 Å². The van der Waals surface area contributed by atoms with Gasteiger partial charge in [0.2, 0.25) is 0 Å². The molecule has 0 atom stereocenters. The third-order valence-electron chi connectivity index (χ3n) is 13.2. The van der Waals surface area contributed by atoms with Crippen molar-refractivity contribution in [2.24, 2.45) is 0 Å². The highest BCUT2D eigenvalue weighted by Crippen LogP contribution is 2.44. The van der Waals surface area contributed by atoms with Gasteiger partial charge in [-0.2, -0.15) is 0 Å². The number of benzene rings is 4. The van der Waals surface area contributed by atoms with E-state index in [-0.39, 0.29) is 21.7 Å². The van der Waals surface area contributed by atoms with Crippen molar-refractivity contribution in [3.8, 4) is 23.0 Å². The monoisotopic (exact) mass is 893 g/mol. The summed E-state index contributed by atoms with van der Waals surface area (Å²) in [6.45, 7) is 38.5. The van der Waals surface area contributed by atoms with Crippen LogP contribution in [0, 0.1) is 0 Å². The summed E-state index contributed by atoms with van der Waals surface area (Å²) in [5.41, 5.74) is 14.4. The molecule has 66 heavy (non-hydrogen) atoms. The molecule has 2 aliphatic rings. The fraction of sp³-hybridized carbons (Fsp3) is 0.516. The van der Waals surface area contributed by atoms with E-state index in [9.17, 15) is 0 Å². The fourth-order valence-electron chi connectivity index (χ4n) is 9.15. The zero-order valence-electron chi connectivity index (χ0n) is 43.3. The summed E-state index contributed by atoms with van der Waals surface area (Å²) in [4.78, 5) is 0. The highest BCUT2D eigenvalue weighted by Gasteiger charge is 2.29. The first-order valence-electron chi connectivity index (χ1n) is 25.2. The van der Waals surface area contributed by atoms with Gasteiger partial charge in [-0.05, 0) is 140 Å². The molecule has 0 unspecified atom stereocenters. The third-order valence-corrected chi connectivity index (χ3v) is 13.2. The van der Waals surface area contributed by atoms with Gasteiger partial charge in [0.25, 0.3) is 0 Å². The molecule has 0 radical (unpaired) electrons. The number of rotatable bonds is 10. The van der Waals surface area contributed by atoms with Crippen LogP contribution in [-0.2, 0) is 47.3 Å². The Morgan fingerprint density at radius 1 is 0.439 bits per heavy atom. The highest BCUT2D eigenvalue weighted by molar-refractivity contribution is 5.60. The van der Waals surface area contributed by atoms with E-state index in [1.807, 2.05) is 12.2 Å². The van der Waals surface area contributed by atoms with E-state index in [1.165, 1.54) is 66.8 Å². The molecule has 6 rings (SSSR count). The second kappa shape index (κ2) is 21.5. The Bertz CT molecular complexity index is 2080. The van der Waals surface area contributed by atoms with Crippen molar-refractivity contribution >= 4 is 0 Å². The highest BCUT2D eigenvalue weighted by atomic mass is 16.5. The first-order chi connectivity index (χ1) is 31.2. The van der Waals surface area contributed by atoms with Crippen LogP contribution in [0.3, 0.4) is 0 Å². The maximum Gasteiger partial charge on any atom is 0.126 e. The second-order valence-electron chi connectivity index (χ2n) is 23.2. The normalized spacial score (nSPS) is 15.5. The molecule has 0 spiro atoms. The van der Waals surface area contributed by atoms with Crippen molar-refractivity contribution in [3.05, 3.63) is 153 Å². The Labute approximate surface area is 401 Å². The molecule has 0 aromatic heterocycles. The van der Waals surface area contributed by atoms with E-state index in [0.717, 1.165) is 74.4 Å². The average molecular weight is 893 g/mol. The molecule has 4 heteroatoms. The van der Waals surface area contributed by atoms with Gasteiger partial charge in [-0.1, -0.05) is 156 Å². The van der Waals surface area contributed by atoms with Crippen LogP contribution in [0.1, 0.15) is 201 Å². The van der Waals surface area contributed by atoms with Crippen molar-refractivity contribution < 1.29 is 18.9 Å². The van der Waals surface area contributed by atoms with Crippen LogP contribution in [0.5, 0.6) is 23.0 Å². The summed E-state index contributed by atoms with van der Waals surface area (Å²) in [5.74, 6) is 3.96. The van der Waals surface area contributed by atoms with Crippen molar-refractivity contribution in [1.82, 2.24) is 0 Å². The number of hydrogen-bond donors (Lipinski definition) is 0. The summed E-state index contributed by atoms with van der Waals surface area (Å²) in [5, 5.41) is 0. The lowest BCUT2D eigenvalue weighted by atomic mass is 9.79. The molecule has 1 aliphatic carbocycles. The predicted molar refractivity (Wildman–Crippen MR) is 280 cm³/mol. The van der Waals surface area contributed by atoms with Crippen LogP contribution in [0.4, 0.5) is 0 Å². The number of hydrogen-bond acceptors (Lipinski definition) is 4. The van der Waals surface area contributed by atoms with Crippen LogP contribution in [-0.4, -0.2) is 26.4 Å². The molecule has 0 fully saturated rings. The molecule has 4 nitrogen and oxygen atoms in total. The summed E-state index contributed by atoms with van der Waals surface area (Å²) >= 11 is 0. The number of ether oxygens (including phenoxy) is 4. The van der Waals surface area contributed by atoms with Gasteiger partial charge in [0.05, 0.1) is 26.4 Å². The summed E-state index contributed by atoms with van der Waals surface area (Å²) in [7, 11) is 0. The van der Waals surface area contributed by atoms with E-state index in [2.05, 4.69) is 157 Å². The first-order valence-corrected chi connectivity index (χ1v) is 25.2. The van der Waals surface area contributed by atoms with Gasteiger partial charge in [-0.25, -0.2) is 0 Å². The number of fused-ring (bicyclic) bond motifs is 2. The number of allylic oxidation sites excluding steroid dienone is 4. The zero-order chi connectivity index (χ0) is 47.9. The van der Waals surface area contributed by atoms with E-state index in [1.54, 1.807) is 0 Å². The minimum atomic E-state index is -0.102. The van der Waals surface area contributed by atoms with E-state index in [4.69, 9.17) is 18.9 Å². The lowest BCUT2D eigenvalue weighted by Gasteiger charge is -2.29. The molecule has 1 heterocycles. The minimum absolute atomic E-state index is 0.0982. The Morgan fingerprint density at radius 2 is 0.712 bits per heavy atom. The third kappa shape index (κ3) is 13.0. The molecular formula is C62H84O4. The lowest BCUT2D eigenvalue weighted by Crippen LogP contribution is -2.18. The van der Waals surface area contributed by atoms with Crippen molar-refractivity contribution in [1.29, 1.82) is 0 Å². The van der Waals surface area contributed by atoms with Gasteiger partial charge in [-0.15, -0.1) is 13.2 Å². The molecule has 0 saturated heterocycles. The molecule has 0 N–H and O–H groups in total. The molecule has 4 aromatic carbocycles. The zero-order valence-corrected chi connectivity index (χ0v) is 43.3. The standard InChI is InChI=1S/C62H84O4/c1-15-17-23-27-63-55-43-31-47-39-53(61(9,10)11)41-49-33-45-37-52(60(6,7)8)38-46(56(45)64-28-24-18-16-2)34-50-42-54(62(12,13)14)40-48(32-44(55)36-51(35-43)59(3,4)5)58(50)66-30-26-22-20-19-21-25-29-65-57(47)49/h15-16,19-20,35-42H,1-2,17-18,21-34H2,3-14H3/b20-19-. The maximum absolute atomic E-state index is 7.18. The average Bonchev–Trinajstić information content (AvgIpc) is 3.22. The molecule has 356 valence electrons. The summed E-state index contributed by atoms with van der Waals surface area (Å²) in [6, 6.07) is 19.5. The van der Waals surface area contributed by atoms with Crippen LogP contribution in [0.25, 0.3) is 0 Å². The number of unbranched alkanes of at least 4 members (excludes halogenated alkanes) is 2. The largest absolute Gasteiger partial charge is 0.493 e. The SMILES string of the molecule is C=CCCCOc1c2cc(C(C)(C)C)cc1Cc1cc(C(C)(C)C)cc3c1OCCC/C=C\CCCOc1c(cc(C(C)(C)C)cc1Cc1cc(C(C)(C)C)cc(c1OCCCC=C)C3)C2. The Morgan fingerprint density at radius 3 is 0.970 bits per heavy atom. The topological polar surface area (TPSA) is 36.9 Å². The van der Waals surface area contributed by atoms with E-state index >= 15 is 0 Å². The van der Waals surface area contributed by atoms with Gasteiger partial charge in [0.15, 0.2) is 0 Å². The quantitative estimate of drug-likeness (QED) is 0.103. The molecule has 1 aliphatic heterocycles. The Balaban J connectivity index is 1.80. The minimum Gasteiger partial charge on any atom is -0.493 e. The second-order valence-corrected chi connectivity index (χ2v) is 23.2. The van der Waals surface area contributed by atoms with Gasteiger partial charge in [-0.3, -0.25) is 0 Å². The maximum atomic E-state index is 7.18. The molecule has 0 saturated carbocycles. The van der Waals surface area contributed by atoms with Crippen molar-refractivity contribution in [2.45, 2.75) is 182 Å². The molecule has 4 aromatic rings. The van der Waals surface area contributed by atoms with Gasteiger partial charge >= 0.3 is 0 Å². The Kier molecular flexibility index (Phi) is 16.5. The summed E-state index contributed by atoms with van der Waals surface area (Å²) < 4.78 is 28.6. The van der Waals surface area contributed by atoms with Crippen LogP contribution in [0.2, 0.25) is 0 Å². The van der Waals surface area contributed by atoms with Gasteiger partial charge in [0.1, 0.15) is 23.0 Å². The molecular weight excluding hydrogens is 809 g/mol. The Hall–Kier alpha value is -4.70. The van der Waals surface area contributed by atoms with Crippen molar-refractivity contribution in [3.63, 3.8) is 0 Å². The van der Waals surface area contributed by atoms with Crippen LogP contribution in [0.15, 0.2) is 86.0 Å². The van der Waals surface area contributed by atoms with Crippen LogP contribution < -0.4 is 18.9 Å². The summed E-state index contributed by atoms with van der Waals surface area (Å²) in [6.07, 6.45) is 18.8. The van der Waals surface area contributed by atoms with Gasteiger partial charge in [0, 0.05) is 25.7 Å². The van der Waals surface area contributed by atoms with E-state index in [0.29, 0.717) is 52.1 Å². The predicted octanol–water partition coefficient (Wildman–Crippen LogP) is 16.1. The first kappa shape index (κ1) is 50.7. The molecule has 0 amide bonds. The lowest BCUT2D eigenvalue weighted by molar-refractivity contribution is 0.300. The smallest absolute Gasteiger partial charge is 0.126 e. The molecule has 10 bridgehead atoms.